The van der Waals surface area contributed by atoms with Crippen LogP contribution in [0.1, 0.15) is 5.56 Å². The van der Waals surface area contributed by atoms with Gasteiger partial charge in [0.15, 0.2) is 6.54 Å². The molecular formula is C15H21IN3O+. The number of rotatable bonds is 3. The molecule has 0 radical (unpaired) electrons. The zero-order valence-corrected chi connectivity index (χ0v) is 14.0. The molecule has 0 aliphatic carbocycles. The Hall–Kier alpha value is -0.660. The van der Waals surface area contributed by atoms with E-state index in [0.717, 1.165) is 55.0 Å². The molecule has 1 aromatic rings. The van der Waals surface area contributed by atoms with Crippen molar-refractivity contribution in [2.75, 3.05) is 51.1 Å². The standard InChI is InChI=1S/C15H20IN3O/c1-12-10-13(16)2-3-14(12)17-15(20)11-19-7-4-18(5-8-19)6-9-19/h2-3,10H,4-9,11H2,1H3/p+1. The lowest BCUT2D eigenvalue weighted by Crippen LogP contribution is -2.68. The number of halogens is 1. The number of nitrogens with one attached hydrogen (secondary N) is 1. The minimum atomic E-state index is 0.157. The van der Waals surface area contributed by atoms with Gasteiger partial charge in [0.25, 0.3) is 5.91 Å². The first kappa shape index (κ1) is 14.3. The Morgan fingerprint density at radius 2 is 1.95 bits per heavy atom. The predicted octanol–water partition coefficient (Wildman–Crippen LogP) is 1.68. The van der Waals surface area contributed by atoms with Gasteiger partial charge in [-0.1, -0.05) is 0 Å². The second kappa shape index (κ2) is 5.61. The van der Waals surface area contributed by atoms with Crippen molar-refractivity contribution in [3.63, 3.8) is 0 Å². The molecule has 2 bridgehead atoms. The van der Waals surface area contributed by atoms with Crippen molar-refractivity contribution in [2.24, 2.45) is 0 Å². The summed E-state index contributed by atoms with van der Waals surface area (Å²) in [6.07, 6.45) is 0. The van der Waals surface area contributed by atoms with Crippen LogP contribution in [0.3, 0.4) is 0 Å². The van der Waals surface area contributed by atoms with Crippen LogP contribution in [-0.2, 0) is 4.79 Å². The highest BCUT2D eigenvalue weighted by molar-refractivity contribution is 14.1. The summed E-state index contributed by atoms with van der Waals surface area (Å²) < 4.78 is 2.18. The van der Waals surface area contributed by atoms with Gasteiger partial charge in [0.1, 0.15) is 0 Å². The van der Waals surface area contributed by atoms with Crippen LogP contribution >= 0.6 is 22.6 Å². The number of aryl methyl sites for hydroxylation is 1. The monoisotopic (exact) mass is 386 g/mol. The second-order valence-electron chi connectivity index (χ2n) is 6.02. The van der Waals surface area contributed by atoms with E-state index in [0.29, 0.717) is 6.54 Å². The second-order valence-corrected chi connectivity index (χ2v) is 7.27. The molecule has 4 nitrogen and oxygen atoms in total. The molecule has 1 N–H and O–H groups in total. The maximum absolute atomic E-state index is 12.4. The fraction of sp³-hybridized carbons (Fsp3) is 0.533. The number of carbonyl (C=O) groups excluding carboxylic acids is 1. The van der Waals surface area contributed by atoms with Crippen molar-refractivity contribution in [2.45, 2.75) is 6.92 Å². The molecule has 1 aromatic carbocycles. The number of fused-ring (bicyclic) bond motifs is 3. The minimum Gasteiger partial charge on any atom is -0.321 e. The molecule has 1 amide bonds. The number of nitrogens with zero attached hydrogens (tertiary/aromatic N) is 2. The van der Waals surface area contributed by atoms with E-state index in [-0.39, 0.29) is 5.91 Å². The zero-order chi connectivity index (χ0) is 14.2. The first-order valence-electron chi connectivity index (χ1n) is 7.20. The molecule has 0 aromatic heterocycles. The number of amides is 1. The van der Waals surface area contributed by atoms with E-state index in [2.05, 4.69) is 38.9 Å². The summed E-state index contributed by atoms with van der Waals surface area (Å²) in [6, 6.07) is 6.14. The fourth-order valence-electron chi connectivity index (χ4n) is 3.23. The summed E-state index contributed by atoms with van der Waals surface area (Å²) in [4.78, 5) is 14.9. The highest BCUT2D eigenvalue weighted by Crippen LogP contribution is 2.21. The lowest BCUT2D eigenvalue weighted by atomic mass is 10.1. The van der Waals surface area contributed by atoms with E-state index in [4.69, 9.17) is 0 Å². The van der Waals surface area contributed by atoms with Crippen molar-refractivity contribution >= 4 is 34.2 Å². The number of quaternary nitrogens is 1. The minimum absolute atomic E-state index is 0.157. The fourth-order valence-corrected chi connectivity index (χ4v) is 3.88. The Balaban J connectivity index is 1.64. The SMILES string of the molecule is Cc1cc(I)ccc1NC(=O)C[N+]12CCN(CC1)CC2. The molecule has 3 saturated heterocycles. The van der Waals surface area contributed by atoms with Gasteiger partial charge < -0.3 is 9.80 Å². The van der Waals surface area contributed by atoms with Gasteiger partial charge in [-0.05, 0) is 53.3 Å². The van der Waals surface area contributed by atoms with Crippen LogP contribution in [0.4, 0.5) is 5.69 Å². The maximum atomic E-state index is 12.4. The molecule has 5 heteroatoms. The van der Waals surface area contributed by atoms with Crippen LogP contribution in [0.15, 0.2) is 18.2 Å². The Morgan fingerprint density at radius 1 is 1.30 bits per heavy atom. The van der Waals surface area contributed by atoms with Crippen LogP contribution in [0, 0.1) is 10.5 Å². The molecule has 3 heterocycles. The van der Waals surface area contributed by atoms with E-state index in [1.165, 1.54) is 3.57 Å². The van der Waals surface area contributed by atoms with Crippen LogP contribution in [-0.4, -0.2) is 61.1 Å². The summed E-state index contributed by atoms with van der Waals surface area (Å²) in [5.41, 5.74) is 2.08. The average Bonchev–Trinajstić information content (AvgIpc) is 2.43. The Bertz CT molecular complexity index is 510. The lowest BCUT2D eigenvalue weighted by molar-refractivity contribution is -0.933. The topological polar surface area (TPSA) is 32.3 Å². The summed E-state index contributed by atoms with van der Waals surface area (Å²) in [5.74, 6) is 0.157. The van der Waals surface area contributed by atoms with Crippen molar-refractivity contribution < 1.29 is 9.28 Å². The molecule has 108 valence electrons. The van der Waals surface area contributed by atoms with Gasteiger partial charge in [-0.15, -0.1) is 0 Å². The van der Waals surface area contributed by atoms with Crippen LogP contribution in [0.25, 0.3) is 0 Å². The molecule has 0 spiro atoms. The quantitative estimate of drug-likeness (QED) is 0.634. The summed E-state index contributed by atoms with van der Waals surface area (Å²) >= 11 is 2.29. The number of hydrogen-bond acceptors (Lipinski definition) is 2. The first-order chi connectivity index (χ1) is 9.56. The number of anilines is 1. The predicted molar refractivity (Wildman–Crippen MR) is 88.7 cm³/mol. The molecule has 3 aliphatic rings. The zero-order valence-electron chi connectivity index (χ0n) is 11.9. The van der Waals surface area contributed by atoms with Gasteiger partial charge in [-0.2, -0.15) is 0 Å². The van der Waals surface area contributed by atoms with Crippen LogP contribution in [0.5, 0.6) is 0 Å². The van der Waals surface area contributed by atoms with Gasteiger partial charge in [-0.25, -0.2) is 0 Å². The van der Waals surface area contributed by atoms with E-state index >= 15 is 0 Å². The van der Waals surface area contributed by atoms with Crippen molar-refractivity contribution in [1.82, 2.24) is 4.90 Å². The van der Waals surface area contributed by atoms with E-state index < -0.39 is 0 Å². The normalized spacial score (nSPS) is 28.4. The molecule has 20 heavy (non-hydrogen) atoms. The van der Waals surface area contributed by atoms with Crippen molar-refractivity contribution in [3.8, 4) is 0 Å². The molecule has 4 rings (SSSR count). The van der Waals surface area contributed by atoms with Crippen molar-refractivity contribution in [3.05, 3.63) is 27.3 Å². The highest BCUT2D eigenvalue weighted by Gasteiger charge is 2.39. The van der Waals surface area contributed by atoms with Gasteiger partial charge in [-0.3, -0.25) is 9.69 Å². The summed E-state index contributed by atoms with van der Waals surface area (Å²) in [6.45, 7) is 9.49. The molecule has 0 unspecified atom stereocenters. The van der Waals surface area contributed by atoms with Gasteiger partial charge in [0, 0.05) is 28.9 Å². The Morgan fingerprint density at radius 3 is 2.55 bits per heavy atom. The molecule has 0 atom stereocenters. The largest absolute Gasteiger partial charge is 0.321 e. The molecule has 0 saturated carbocycles. The van der Waals surface area contributed by atoms with Gasteiger partial charge in [0.2, 0.25) is 0 Å². The lowest BCUT2D eigenvalue weighted by Gasteiger charge is -2.50. The maximum Gasteiger partial charge on any atom is 0.279 e. The smallest absolute Gasteiger partial charge is 0.279 e. The number of hydrogen-bond donors (Lipinski definition) is 1. The molecular weight excluding hydrogens is 365 g/mol. The van der Waals surface area contributed by atoms with E-state index in [1.807, 2.05) is 19.1 Å². The molecule has 3 fully saturated rings. The van der Waals surface area contributed by atoms with Crippen LogP contribution < -0.4 is 5.32 Å². The summed E-state index contributed by atoms with van der Waals surface area (Å²) in [5, 5.41) is 3.09. The van der Waals surface area contributed by atoms with E-state index in [1.54, 1.807) is 0 Å². The average molecular weight is 386 g/mol. The summed E-state index contributed by atoms with van der Waals surface area (Å²) in [7, 11) is 0. The van der Waals surface area contributed by atoms with E-state index in [9.17, 15) is 4.79 Å². The Kier molecular flexibility index (Phi) is 4.01. The van der Waals surface area contributed by atoms with Crippen LogP contribution in [0.2, 0.25) is 0 Å². The molecule has 3 aliphatic heterocycles. The third kappa shape index (κ3) is 2.99. The Labute approximate surface area is 133 Å². The number of piperazine rings is 3. The third-order valence-corrected chi connectivity index (χ3v) is 5.28. The van der Waals surface area contributed by atoms with Gasteiger partial charge >= 0.3 is 0 Å². The van der Waals surface area contributed by atoms with Gasteiger partial charge in [0.05, 0.1) is 19.6 Å². The number of benzene rings is 1. The highest BCUT2D eigenvalue weighted by atomic mass is 127. The van der Waals surface area contributed by atoms with Crippen molar-refractivity contribution in [1.29, 1.82) is 0 Å². The first-order valence-corrected chi connectivity index (χ1v) is 8.28. The third-order valence-electron chi connectivity index (χ3n) is 4.61. The number of carbonyl (C=O) groups is 1.